The number of amides is 1. The molecule has 0 spiro atoms. The van der Waals surface area contributed by atoms with Crippen LogP contribution in [0.3, 0.4) is 0 Å². The maximum absolute atomic E-state index is 13.3. The summed E-state index contributed by atoms with van der Waals surface area (Å²) in [6, 6.07) is 24.9. The number of aromatic nitrogens is 5. The first-order valence-corrected chi connectivity index (χ1v) is 12.7. The van der Waals surface area contributed by atoms with Gasteiger partial charge in [-0.1, -0.05) is 24.3 Å². The van der Waals surface area contributed by atoms with E-state index in [1.165, 1.54) is 0 Å². The molecule has 39 heavy (non-hydrogen) atoms. The number of fused-ring (bicyclic) bond motifs is 2. The van der Waals surface area contributed by atoms with Crippen LogP contribution >= 0.6 is 0 Å². The Balaban J connectivity index is 1.19. The van der Waals surface area contributed by atoms with Gasteiger partial charge in [0.1, 0.15) is 5.82 Å². The van der Waals surface area contributed by atoms with Crippen LogP contribution in [0.15, 0.2) is 85.1 Å². The van der Waals surface area contributed by atoms with Gasteiger partial charge in [-0.2, -0.15) is 5.10 Å². The molecule has 8 nitrogen and oxygen atoms in total. The third kappa shape index (κ3) is 5.13. The molecule has 1 unspecified atom stereocenters. The van der Waals surface area contributed by atoms with Gasteiger partial charge in [0, 0.05) is 17.3 Å². The molecule has 8 heteroatoms. The second-order valence-electron chi connectivity index (χ2n) is 9.47. The molecule has 0 aliphatic rings. The minimum Gasteiger partial charge on any atom is -0.355 e. The average Bonchev–Trinajstić information content (AvgIpc) is 3.56. The topological polar surface area (TPSA) is 111 Å². The van der Waals surface area contributed by atoms with E-state index >= 15 is 0 Å². The first kappa shape index (κ1) is 24.1. The van der Waals surface area contributed by atoms with Gasteiger partial charge in [0.15, 0.2) is 0 Å². The number of pyridine rings is 1. The fourth-order valence-electron chi connectivity index (χ4n) is 4.53. The summed E-state index contributed by atoms with van der Waals surface area (Å²) in [6.07, 6.45) is 5.71. The molecule has 3 aromatic heterocycles. The van der Waals surface area contributed by atoms with Crippen molar-refractivity contribution in [2.24, 2.45) is 0 Å². The number of aromatic amines is 2. The van der Waals surface area contributed by atoms with E-state index in [0.29, 0.717) is 17.1 Å². The highest BCUT2D eigenvalue weighted by Gasteiger charge is 2.17. The van der Waals surface area contributed by atoms with Crippen molar-refractivity contribution in [2.75, 3.05) is 5.32 Å². The van der Waals surface area contributed by atoms with Crippen LogP contribution in [0.1, 0.15) is 46.1 Å². The van der Waals surface area contributed by atoms with Crippen LogP contribution in [-0.4, -0.2) is 31.1 Å². The number of nitrogens with one attached hydrogen (secondary N) is 4. The largest absolute Gasteiger partial charge is 0.355 e. The number of rotatable bonds is 7. The lowest BCUT2D eigenvalue weighted by atomic mass is 10.1. The smallest absolute Gasteiger partial charge is 0.253 e. The summed E-state index contributed by atoms with van der Waals surface area (Å²) < 4.78 is 0. The molecule has 3 aromatic carbocycles. The molecule has 0 aliphatic carbocycles. The highest BCUT2D eigenvalue weighted by Crippen LogP contribution is 2.26. The van der Waals surface area contributed by atoms with Crippen molar-refractivity contribution in [3.05, 3.63) is 113 Å². The minimum atomic E-state index is -0.291. The van der Waals surface area contributed by atoms with Crippen molar-refractivity contribution in [3.63, 3.8) is 0 Å². The van der Waals surface area contributed by atoms with Gasteiger partial charge in [0.2, 0.25) is 0 Å². The highest BCUT2D eigenvalue weighted by atomic mass is 16.1. The summed E-state index contributed by atoms with van der Waals surface area (Å²) in [5.74, 6) is 0.522. The second kappa shape index (κ2) is 10.3. The summed E-state index contributed by atoms with van der Waals surface area (Å²) in [5, 5.41) is 15.0. The lowest BCUT2D eigenvalue weighted by Crippen LogP contribution is -2.28. The molecule has 0 saturated heterocycles. The number of hydrogen-bond donors (Lipinski definition) is 4. The Hall–Kier alpha value is -5.24. The van der Waals surface area contributed by atoms with Crippen molar-refractivity contribution < 1.29 is 4.79 Å². The van der Waals surface area contributed by atoms with Crippen LogP contribution in [0.25, 0.3) is 34.1 Å². The van der Waals surface area contributed by atoms with Crippen molar-refractivity contribution >= 4 is 51.4 Å². The van der Waals surface area contributed by atoms with Gasteiger partial charge in [-0.3, -0.25) is 14.9 Å². The summed E-state index contributed by atoms with van der Waals surface area (Å²) in [5.41, 5.74) is 7.66. The Bertz CT molecular complexity index is 1800. The number of benzene rings is 3. The number of anilines is 2. The summed E-state index contributed by atoms with van der Waals surface area (Å²) in [4.78, 5) is 25.5. The monoisotopic (exact) mass is 513 g/mol. The van der Waals surface area contributed by atoms with Crippen LogP contribution < -0.4 is 10.6 Å². The van der Waals surface area contributed by atoms with E-state index in [2.05, 4.69) is 35.8 Å². The molecular weight excluding hydrogens is 486 g/mol. The molecule has 6 rings (SSSR count). The van der Waals surface area contributed by atoms with E-state index in [1.807, 2.05) is 98.8 Å². The predicted octanol–water partition coefficient (Wildman–Crippen LogP) is 6.55. The van der Waals surface area contributed by atoms with Crippen molar-refractivity contribution in [1.29, 1.82) is 0 Å². The Morgan fingerprint density at radius 2 is 1.79 bits per heavy atom. The lowest BCUT2D eigenvalue weighted by molar-refractivity contribution is 0.0939. The zero-order chi connectivity index (χ0) is 26.8. The molecule has 0 radical (unpaired) electrons. The van der Waals surface area contributed by atoms with Gasteiger partial charge in [0.05, 0.1) is 45.2 Å². The molecule has 6 aromatic rings. The molecular formula is C31H27N7O. The number of imidazole rings is 1. The fraction of sp³-hybridized carbons (Fsp3) is 0.0968. The number of H-pyrrole nitrogens is 2. The molecule has 0 fully saturated rings. The number of para-hydroxylation sites is 3. The zero-order valence-electron chi connectivity index (χ0n) is 21.6. The molecule has 0 saturated carbocycles. The number of carbonyl (C=O) groups excluding carboxylic acids is 1. The van der Waals surface area contributed by atoms with Crippen molar-refractivity contribution in [1.82, 2.24) is 30.5 Å². The fourth-order valence-corrected chi connectivity index (χ4v) is 4.53. The van der Waals surface area contributed by atoms with Crippen LogP contribution in [0.5, 0.6) is 0 Å². The third-order valence-corrected chi connectivity index (χ3v) is 6.56. The molecule has 0 bridgehead atoms. The molecule has 3 heterocycles. The van der Waals surface area contributed by atoms with Gasteiger partial charge >= 0.3 is 0 Å². The summed E-state index contributed by atoms with van der Waals surface area (Å²) in [6.45, 7) is 3.96. The molecule has 4 N–H and O–H groups in total. The van der Waals surface area contributed by atoms with Gasteiger partial charge in [0.25, 0.3) is 5.91 Å². The second-order valence-corrected chi connectivity index (χ2v) is 9.47. The normalized spacial score (nSPS) is 12.3. The number of nitrogens with zero attached hydrogens (tertiary/aromatic N) is 3. The Labute approximate surface area is 225 Å². The first-order valence-electron chi connectivity index (χ1n) is 12.7. The minimum absolute atomic E-state index is 0.189. The van der Waals surface area contributed by atoms with Crippen molar-refractivity contribution in [2.45, 2.75) is 19.9 Å². The molecule has 192 valence electrons. The number of aryl methyl sites for hydroxylation is 1. The van der Waals surface area contributed by atoms with Gasteiger partial charge in [-0.15, -0.1) is 0 Å². The quantitative estimate of drug-likeness (QED) is 0.193. The lowest BCUT2D eigenvalue weighted by Gasteiger charge is -2.15. The first-order chi connectivity index (χ1) is 19.0. The maximum Gasteiger partial charge on any atom is 0.253 e. The van der Waals surface area contributed by atoms with Crippen LogP contribution in [0, 0.1) is 6.92 Å². The third-order valence-electron chi connectivity index (χ3n) is 6.56. The van der Waals surface area contributed by atoms with Gasteiger partial charge in [-0.05, 0) is 86.2 Å². The number of hydrogen-bond acceptors (Lipinski definition) is 5. The standard InChI is InChI=1S/C31H27N7O/c1-19-15-16-32-21(17-19)12-14-26-23-13-11-22(18-29(23)38-37-26)34-25-8-4-3-7-24(25)31(39)33-20(2)30-35-27-9-5-6-10-28(27)36-30/h3-18,20,34H,1-2H3,(H,33,39)(H,35,36)(H,37,38)/b14-12+. The van der Waals surface area contributed by atoms with E-state index in [4.69, 9.17) is 0 Å². The SMILES string of the molecule is Cc1ccnc(/C=C/c2n[nH]c3cc(Nc4ccccc4C(=O)NC(C)c4nc5ccccc5[nH]4)ccc23)c1. The maximum atomic E-state index is 13.3. The van der Waals surface area contributed by atoms with E-state index in [9.17, 15) is 4.79 Å². The number of carbonyl (C=O) groups is 1. The van der Waals surface area contributed by atoms with Crippen molar-refractivity contribution in [3.8, 4) is 0 Å². The van der Waals surface area contributed by atoms with E-state index in [-0.39, 0.29) is 11.9 Å². The van der Waals surface area contributed by atoms with E-state index in [0.717, 1.165) is 44.6 Å². The molecule has 1 atom stereocenters. The zero-order valence-corrected chi connectivity index (χ0v) is 21.6. The highest BCUT2D eigenvalue weighted by molar-refractivity contribution is 6.01. The Kier molecular flexibility index (Phi) is 6.34. The van der Waals surface area contributed by atoms with Crippen LogP contribution in [0.4, 0.5) is 11.4 Å². The van der Waals surface area contributed by atoms with Gasteiger partial charge in [-0.25, -0.2) is 4.98 Å². The Morgan fingerprint density at radius 1 is 0.949 bits per heavy atom. The van der Waals surface area contributed by atoms with E-state index in [1.54, 1.807) is 12.3 Å². The predicted molar refractivity (Wildman–Crippen MR) is 156 cm³/mol. The summed E-state index contributed by atoms with van der Waals surface area (Å²) in [7, 11) is 0. The van der Waals surface area contributed by atoms with Crippen LogP contribution in [0.2, 0.25) is 0 Å². The summed E-state index contributed by atoms with van der Waals surface area (Å²) >= 11 is 0. The Morgan fingerprint density at radius 3 is 2.67 bits per heavy atom. The molecule has 1 amide bonds. The average molecular weight is 514 g/mol. The molecule has 0 aliphatic heterocycles. The van der Waals surface area contributed by atoms with Gasteiger partial charge < -0.3 is 15.6 Å². The van der Waals surface area contributed by atoms with Crippen LogP contribution in [-0.2, 0) is 0 Å². The van der Waals surface area contributed by atoms with E-state index < -0.39 is 0 Å².